The lowest BCUT2D eigenvalue weighted by atomic mass is 9.45. The highest BCUT2D eigenvalue weighted by atomic mass is 35.5. The Morgan fingerprint density at radius 1 is 1.14 bits per heavy atom. The van der Waals surface area contributed by atoms with Crippen molar-refractivity contribution >= 4 is 34.8 Å². The average Bonchev–Trinajstić information content (AvgIpc) is 3.26. The van der Waals surface area contributed by atoms with E-state index < -0.39 is 52.0 Å². The van der Waals surface area contributed by atoms with Crippen LogP contribution in [0.2, 0.25) is 5.02 Å². The summed E-state index contributed by atoms with van der Waals surface area (Å²) < 4.78 is 37.6. The van der Waals surface area contributed by atoms with Crippen LogP contribution in [0.1, 0.15) is 60.3 Å². The molecule has 0 spiro atoms. The molecular weight excluding hydrogens is 580 g/mol. The van der Waals surface area contributed by atoms with Gasteiger partial charge in [-0.05, 0) is 107 Å². The number of benzene rings is 1. The van der Waals surface area contributed by atoms with Crippen LogP contribution in [0, 0.1) is 34.0 Å². The van der Waals surface area contributed by atoms with Crippen LogP contribution in [-0.2, 0) is 19.1 Å². The fourth-order valence-electron chi connectivity index (χ4n) is 7.84. The number of hydroxylamine groups is 1. The maximum Gasteiger partial charge on any atom is 0.311 e. The maximum atomic E-state index is 17.0. The van der Waals surface area contributed by atoms with Gasteiger partial charge in [-0.25, -0.2) is 8.78 Å². The van der Waals surface area contributed by atoms with Gasteiger partial charge in [0, 0.05) is 29.3 Å². The lowest BCUT2D eigenvalue weighted by Crippen LogP contribution is -2.68. The van der Waals surface area contributed by atoms with E-state index in [2.05, 4.69) is 0 Å². The Bertz CT molecular complexity index is 1320. The topological polar surface area (TPSA) is 104 Å². The minimum absolute atomic E-state index is 0.0515. The summed E-state index contributed by atoms with van der Waals surface area (Å²) in [5.41, 5.74) is -4.20. The summed E-state index contributed by atoms with van der Waals surface area (Å²) in [5, 5.41) is 21.8. The molecule has 0 radical (unpaired) electrons. The molecule has 1 aromatic rings. The van der Waals surface area contributed by atoms with Crippen LogP contribution in [-0.4, -0.2) is 59.4 Å². The van der Waals surface area contributed by atoms with Crippen LogP contribution in [0.25, 0.3) is 0 Å². The molecule has 43 heavy (non-hydrogen) atoms. The van der Waals surface area contributed by atoms with Crippen molar-refractivity contribution in [3.63, 3.8) is 0 Å². The SMILES string of the molecule is CC(C)(C)C(=O)OCC(=O)[C@H]1CCC2[C@@H]3C[C@H](F)C4=CC(=O)C=C[C@]4(C)[C@@]3(F)[C@@H](O)C[C@@]21C.CN(O)c1ccc(Cl)cc1. The van der Waals surface area contributed by atoms with Crippen molar-refractivity contribution in [2.75, 3.05) is 18.7 Å². The van der Waals surface area contributed by atoms with Gasteiger partial charge in [0.05, 0.1) is 17.2 Å². The van der Waals surface area contributed by atoms with Crippen molar-refractivity contribution < 1.29 is 38.2 Å². The summed E-state index contributed by atoms with van der Waals surface area (Å²) in [7, 11) is 1.56. The first-order valence-corrected chi connectivity index (χ1v) is 15.1. The highest BCUT2D eigenvalue weighted by Crippen LogP contribution is 2.69. The number of anilines is 1. The van der Waals surface area contributed by atoms with Crippen LogP contribution in [0.4, 0.5) is 14.5 Å². The van der Waals surface area contributed by atoms with Gasteiger partial charge in [-0.2, -0.15) is 0 Å². The van der Waals surface area contributed by atoms with Crippen molar-refractivity contribution in [2.45, 2.75) is 78.2 Å². The van der Waals surface area contributed by atoms with Crippen LogP contribution < -0.4 is 5.06 Å². The Labute approximate surface area is 256 Å². The fraction of sp³-hybridized carbons (Fsp3) is 0.606. The predicted octanol–water partition coefficient (Wildman–Crippen LogP) is 6.25. The first-order valence-electron chi connectivity index (χ1n) is 14.7. The smallest absolute Gasteiger partial charge is 0.311 e. The number of aliphatic hydroxyl groups is 1. The number of aliphatic hydroxyl groups excluding tert-OH is 1. The van der Waals surface area contributed by atoms with E-state index in [1.807, 2.05) is 6.92 Å². The number of ether oxygens (including phenoxy) is 1. The molecule has 1 unspecified atom stereocenters. The molecule has 2 N–H and O–H groups in total. The first kappa shape index (κ1) is 33.3. The van der Waals surface area contributed by atoms with Crippen molar-refractivity contribution in [1.82, 2.24) is 0 Å². The molecule has 0 heterocycles. The predicted molar refractivity (Wildman–Crippen MR) is 159 cm³/mol. The number of Topliss-reactive ketones (excluding diaryl/α,β-unsaturated/α-hetero) is 1. The molecule has 236 valence electrons. The van der Waals surface area contributed by atoms with Crippen molar-refractivity contribution in [2.24, 2.45) is 34.0 Å². The summed E-state index contributed by atoms with van der Waals surface area (Å²) in [6.07, 6.45) is 1.87. The zero-order valence-electron chi connectivity index (χ0n) is 25.6. The van der Waals surface area contributed by atoms with Gasteiger partial charge in [0.15, 0.2) is 17.2 Å². The average molecular weight is 622 g/mol. The third-order valence-electron chi connectivity index (χ3n) is 10.2. The molecule has 4 aliphatic carbocycles. The highest BCUT2D eigenvalue weighted by molar-refractivity contribution is 6.30. The van der Waals surface area contributed by atoms with Gasteiger partial charge in [0.2, 0.25) is 0 Å². The zero-order valence-corrected chi connectivity index (χ0v) is 26.3. The zero-order chi connectivity index (χ0) is 32.1. The molecule has 3 saturated carbocycles. The van der Waals surface area contributed by atoms with Gasteiger partial charge in [-0.1, -0.05) is 24.6 Å². The summed E-state index contributed by atoms with van der Waals surface area (Å²) in [4.78, 5) is 37.1. The molecule has 5 rings (SSSR count). The number of carbonyl (C=O) groups is 3. The highest BCUT2D eigenvalue weighted by Gasteiger charge is 2.72. The lowest BCUT2D eigenvalue weighted by Gasteiger charge is -2.62. The Kier molecular flexibility index (Phi) is 9.06. The number of hydrogen-bond acceptors (Lipinski definition) is 7. The van der Waals surface area contributed by atoms with Gasteiger partial charge in [-0.15, -0.1) is 0 Å². The number of rotatable bonds is 4. The molecule has 0 amide bonds. The Hall–Kier alpha value is -2.62. The Balaban J connectivity index is 0.000000359. The molecule has 3 fully saturated rings. The van der Waals surface area contributed by atoms with Gasteiger partial charge in [-0.3, -0.25) is 24.7 Å². The second kappa shape index (κ2) is 11.7. The fourth-order valence-corrected chi connectivity index (χ4v) is 7.97. The number of ketones is 2. The quantitative estimate of drug-likeness (QED) is 0.303. The molecule has 10 heteroatoms. The number of fused-ring (bicyclic) bond motifs is 5. The Morgan fingerprint density at radius 3 is 2.35 bits per heavy atom. The largest absolute Gasteiger partial charge is 0.457 e. The molecule has 0 saturated heterocycles. The second-order valence-corrected chi connectivity index (χ2v) is 14.3. The number of carbonyl (C=O) groups excluding carboxylic acids is 3. The van der Waals surface area contributed by atoms with Crippen LogP contribution >= 0.6 is 11.6 Å². The molecule has 0 bridgehead atoms. The van der Waals surface area contributed by atoms with E-state index in [1.54, 1.807) is 59.0 Å². The van der Waals surface area contributed by atoms with E-state index in [-0.39, 0.29) is 42.5 Å². The number of alkyl halides is 2. The van der Waals surface area contributed by atoms with E-state index in [0.717, 1.165) is 10.8 Å². The summed E-state index contributed by atoms with van der Waals surface area (Å²) in [5.74, 6) is -2.68. The van der Waals surface area contributed by atoms with E-state index in [9.17, 15) is 19.5 Å². The summed E-state index contributed by atoms with van der Waals surface area (Å²) >= 11 is 5.62. The van der Waals surface area contributed by atoms with Crippen LogP contribution in [0.15, 0.2) is 48.1 Å². The minimum atomic E-state index is -2.14. The van der Waals surface area contributed by atoms with Gasteiger partial charge < -0.3 is 9.84 Å². The van der Waals surface area contributed by atoms with Gasteiger partial charge >= 0.3 is 5.97 Å². The number of nitrogens with zero attached hydrogens (tertiary/aromatic N) is 1. The molecule has 7 nitrogen and oxygen atoms in total. The molecule has 0 aromatic heterocycles. The molecule has 1 aromatic carbocycles. The molecule has 4 aliphatic rings. The first-order chi connectivity index (χ1) is 19.9. The minimum Gasteiger partial charge on any atom is -0.457 e. The maximum absolute atomic E-state index is 17.0. The third kappa shape index (κ3) is 5.80. The Morgan fingerprint density at radius 2 is 1.77 bits per heavy atom. The lowest BCUT2D eigenvalue weighted by molar-refractivity contribution is -0.202. The summed E-state index contributed by atoms with van der Waals surface area (Å²) in [6, 6.07) is 6.93. The van der Waals surface area contributed by atoms with E-state index in [1.165, 1.54) is 18.2 Å². The van der Waals surface area contributed by atoms with Gasteiger partial charge in [0.1, 0.15) is 12.8 Å². The molecule has 8 atom stereocenters. The van der Waals surface area contributed by atoms with Crippen molar-refractivity contribution in [1.29, 1.82) is 0 Å². The number of halogens is 3. The van der Waals surface area contributed by atoms with E-state index in [0.29, 0.717) is 17.9 Å². The van der Waals surface area contributed by atoms with Crippen LogP contribution in [0.5, 0.6) is 0 Å². The molecule has 0 aliphatic heterocycles. The van der Waals surface area contributed by atoms with Crippen molar-refractivity contribution in [3.8, 4) is 0 Å². The molecular formula is C33H42ClF2NO6. The van der Waals surface area contributed by atoms with Crippen LogP contribution in [0.3, 0.4) is 0 Å². The normalized spacial score (nSPS) is 36.3. The van der Waals surface area contributed by atoms with E-state index >= 15 is 8.78 Å². The number of hydrogen-bond donors (Lipinski definition) is 2. The second-order valence-electron chi connectivity index (χ2n) is 13.9. The number of allylic oxidation sites excluding steroid dienone is 4. The standard InChI is InChI=1S/C26H34F2O5.C7H8ClNO/c1-23(2,3)22(32)33-13-20(30)16-7-6-15-17-11-19(27)18-10-14(29)8-9-25(18,5)26(17,28)21(31)12-24(15,16)4;1-9(10)7-4-2-6(8)3-5-7/h8-10,15-17,19,21,31H,6-7,11-13H2,1-5H3;2-5,10H,1H3/t15?,16-,17+,19+,21+,24+,25+,26+;/m1./s1. The monoisotopic (exact) mass is 621 g/mol. The van der Waals surface area contributed by atoms with E-state index in [4.69, 9.17) is 21.5 Å². The summed E-state index contributed by atoms with van der Waals surface area (Å²) in [6.45, 7) is 8.21. The third-order valence-corrected chi connectivity index (χ3v) is 10.4. The van der Waals surface area contributed by atoms with Crippen molar-refractivity contribution in [3.05, 3.63) is 53.1 Å². The van der Waals surface area contributed by atoms with Gasteiger partial charge in [0.25, 0.3) is 0 Å². The number of esters is 1.